The maximum atomic E-state index is 13.7. The second kappa shape index (κ2) is 17.4. The average Bonchev–Trinajstić information content (AvgIpc) is 3.14. The van der Waals surface area contributed by atoms with Crippen molar-refractivity contribution in [3.05, 3.63) is 138 Å². The quantitative estimate of drug-likeness (QED) is 0.0939. The Morgan fingerprint density at radius 3 is 1.91 bits per heavy atom. The minimum Gasteiger partial charge on any atom is -0.508 e. The molecule has 0 radical (unpaired) electrons. The number of aliphatic hydroxyl groups excluding tert-OH is 1. The number of hydrogen-bond donors (Lipinski definition) is 3. The van der Waals surface area contributed by atoms with Crippen LogP contribution in [-0.4, -0.2) is 81.5 Å². The highest BCUT2D eigenvalue weighted by molar-refractivity contribution is 6.41. The molecule has 1 aliphatic rings. The van der Waals surface area contributed by atoms with E-state index in [2.05, 4.69) is 34.5 Å². The van der Waals surface area contributed by atoms with Crippen molar-refractivity contribution in [1.29, 1.82) is 0 Å². The number of benzene rings is 4. The van der Waals surface area contributed by atoms with E-state index in [1.165, 1.54) is 21.9 Å². The SMILES string of the molecule is CC(C)(C)OC(=O)N[C@@H](Cc1ccc(O)cc1)C(=O)N1CCN(C(=O)C(=O)C=C(O)c2cccc(N(Cc3ccccc3)Cc3ccccc3)c2)CC1. The number of ketones is 1. The van der Waals surface area contributed by atoms with E-state index in [0.717, 1.165) is 22.9 Å². The van der Waals surface area contributed by atoms with Gasteiger partial charge >= 0.3 is 6.09 Å². The van der Waals surface area contributed by atoms with Gasteiger partial charge in [-0.2, -0.15) is 0 Å². The van der Waals surface area contributed by atoms with E-state index >= 15 is 0 Å². The van der Waals surface area contributed by atoms with E-state index < -0.39 is 29.4 Å². The summed E-state index contributed by atoms with van der Waals surface area (Å²) in [6, 6.07) is 32.7. The van der Waals surface area contributed by atoms with Gasteiger partial charge in [-0.15, -0.1) is 0 Å². The van der Waals surface area contributed by atoms with Gasteiger partial charge in [-0.1, -0.05) is 84.9 Å². The molecule has 1 saturated heterocycles. The lowest BCUT2D eigenvalue weighted by Gasteiger charge is -2.36. The van der Waals surface area contributed by atoms with E-state index in [4.69, 9.17) is 4.74 Å². The van der Waals surface area contributed by atoms with Gasteiger partial charge in [-0.3, -0.25) is 14.4 Å². The molecule has 276 valence electrons. The number of aliphatic hydroxyl groups is 1. The van der Waals surface area contributed by atoms with Crippen molar-refractivity contribution < 1.29 is 34.1 Å². The molecule has 1 heterocycles. The lowest BCUT2D eigenvalue weighted by atomic mass is 10.0. The van der Waals surface area contributed by atoms with E-state index in [-0.39, 0.29) is 50.0 Å². The van der Waals surface area contributed by atoms with Crippen molar-refractivity contribution in [2.45, 2.75) is 51.9 Å². The van der Waals surface area contributed by atoms with Crippen molar-refractivity contribution >= 4 is 35.1 Å². The van der Waals surface area contributed by atoms with Crippen LogP contribution in [0, 0.1) is 0 Å². The molecule has 11 nitrogen and oxygen atoms in total. The summed E-state index contributed by atoms with van der Waals surface area (Å²) in [6.45, 7) is 6.85. The van der Waals surface area contributed by atoms with Gasteiger partial charge < -0.3 is 35.0 Å². The Morgan fingerprint density at radius 2 is 1.34 bits per heavy atom. The molecule has 0 spiro atoms. The molecule has 11 heteroatoms. The highest BCUT2D eigenvalue weighted by Gasteiger charge is 2.32. The number of phenols is 1. The number of piperazine rings is 1. The predicted molar refractivity (Wildman–Crippen MR) is 203 cm³/mol. The fraction of sp³-hybridized carbons (Fsp3) is 0.286. The van der Waals surface area contributed by atoms with Crippen LogP contribution in [0.2, 0.25) is 0 Å². The van der Waals surface area contributed by atoms with Crippen LogP contribution in [-0.2, 0) is 38.6 Å². The summed E-state index contributed by atoms with van der Waals surface area (Å²) in [6.07, 6.45) is 0.347. The first-order valence-electron chi connectivity index (χ1n) is 17.6. The average molecular weight is 719 g/mol. The second-order valence-electron chi connectivity index (χ2n) is 14.0. The van der Waals surface area contributed by atoms with Crippen molar-refractivity contribution in [1.82, 2.24) is 15.1 Å². The Balaban J connectivity index is 1.23. The number of ether oxygens (including phenoxy) is 1. The van der Waals surface area contributed by atoms with Crippen LogP contribution in [0.1, 0.15) is 43.0 Å². The molecular formula is C42H46N4O7. The third kappa shape index (κ3) is 11.2. The van der Waals surface area contributed by atoms with Gasteiger partial charge in [0, 0.05) is 63.0 Å². The number of carbonyl (C=O) groups excluding carboxylic acids is 4. The molecule has 5 rings (SSSR count). The Bertz CT molecular complexity index is 1860. The van der Waals surface area contributed by atoms with Crippen LogP contribution >= 0.6 is 0 Å². The summed E-state index contributed by atoms with van der Waals surface area (Å²) in [5.74, 6) is -2.29. The third-order valence-electron chi connectivity index (χ3n) is 8.66. The van der Waals surface area contributed by atoms with Crippen LogP contribution in [0.25, 0.3) is 5.76 Å². The van der Waals surface area contributed by atoms with Gasteiger partial charge in [-0.05, 0) is 61.7 Å². The summed E-state index contributed by atoms with van der Waals surface area (Å²) in [4.78, 5) is 57.7. The molecule has 53 heavy (non-hydrogen) atoms. The van der Waals surface area contributed by atoms with Crippen LogP contribution in [0.5, 0.6) is 5.75 Å². The van der Waals surface area contributed by atoms with E-state index in [1.54, 1.807) is 51.1 Å². The first kappa shape index (κ1) is 38.1. The molecular weight excluding hydrogens is 672 g/mol. The number of amides is 3. The zero-order valence-electron chi connectivity index (χ0n) is 30.3. The van der Waals surface area contributed by atoms with Crippen LogP contribution in [0.15, 0.2) is 115 Å². The lowest BCUT2D eigenvalue weighted by Crippen LogP contribution is -2.57. The number of hydrogen-bond acceptors (Lipinski definition) is 8. The Labute approximate surface area is 310 Å². The van der Waals surface area contributed by atoms with Gasteiger partial charge in [0.05, 0.1) is 0 Å². The van der Waals surface area contributed by atoms with Crippen molar-refractivity contribution in [2.75, 3.05) is 31.1 Å². The minimum absolute atomic E-state index is 0.0769. The van der Waals surface area contributed by atoms with Crippen LogP contribution in [0.3, 0.4) is 0 Å². The largest absolute Gasteiger partial charge is 0.508 e. The molecule has 0 aromatic heterocycles. The summed E-state index contributed by atoms with van der Waals surface area (Å²) < 4.78 is 5.39. The Morgan fingerprint density at radius 1 is 0.774 bits per heavy atom. The number of rotatable bonds is 12. The highest BCUT2D eigenvalue weighted by atomic mass is 16.6. The zero-order valence-corrected chi connectivity index (χ0v) is 30.3. The fourth-order valence-corrected chi connectivity index (χ4v) is 6.00. The molecule has 3 N–H and O–H groups in total. The van der Waals surface area contributed by atoms with Crippen molar-refractivity contribution in [3.8, 4) is 5.75 Å². The van der Waals surface area contributed by atoms with Gasteiger partial charge in [0.2, 0.25) is 11.7 Å². The Hall–Kier alpha value is -6.10. The maximum absolute atomic E-state index is 13.7. The number of phenolic OH excluding ortho intramolecular Hbond substituents is 1. The first-order chi connectivity index (χ1) is 25.3. The first-order valence-corrected chi connectivity index (χ1v) is 17.6. The topological polar surface area (TPSA) is 140 Å². The summed E-state index contributed by atoms with van der Waals surface area (Å²) in [7, 11) is 0. The Kier molecular flexibility index (Phi) is 12.5. The summed E-state index contributed by atoms with van der Waals surface area (Å²) in [5.41, 5.74) is 3.40. The number of aromatic hydroxyl groups is 1. The second-order valence-corrected chi connectivity index (χ2v) is 14.0. The predicted octanol–water partition coefficient (Wildman–Crippen LogP) is 5.87. The van der Waals surface area contributed by atoms with Crippen LogP contribution in [0.4, 0.5) is 10.5 Å². The van der Waals surface area contributed by atoms with Crippen molar-refractivity contribution in [2.24, 2.45) is 0 Å². The normalized spacial score (nSPS) is 13.9. The molecule has 1 fully saturated rings. The van der Waals surface area contributed by atoms with Crippen molar-refractivity contribution in [3.63, 3.8) is 0 Å². The van der Waals surface area contributed by atoms with Gasteiger partial charge in [0.15, 0.2) is 0 Å². The molecule has 0 aliphatic carbocycles. The number of alkyl carbamates (subject to hydrolysis) is 1. The number of anilines is 1. The molecule has 1 atom stereocenters. The number of nitrogens with zero attached hydrogens (tertiary/aromatic N) is 3. The molecule has 3 amide bonds. The maximum Gasteiger partial charge on any atom is 0.408 e. The smallest absolute Gasteiger partial charge is 0.408 e. The number of nitrogens with one attached hydrogen (secondary N) is 1. The zero-order chi connectivity index (χ0) is 38.0. The van der Waals surface area contributed by atoms with E-state index in [1.807, 2.05) is 42.5 Å². The highest BCUT2D eigenvalue weighted by Crippen LogP contribution is 2.25. The standard InChI is InChI=1S/C42H46N4O7/c1-42(2,3)53-41(52)43-36(25-30-17-19-35(47)20-18-30)39(50)44-21-23-45(24-22-44)40(51)38(49)27-37(48)33-15-10-16-34(26-33)46(28-31-11-6-4-7-12-31)29-32-13-8-5-9-14-32/h4-20,26-27,36,47-48H,21-25,28-29H2,1-3H3,(H,43,52)/t36-/m0/s1. The van der Waals surface area contributed by atoms with Gasteiger partial charge in [0.25, 0.3) is 5.91 Å². The van der Waals surface area contributed by atoms with Crippen LogP contribution < -0.4 is 10.2 Å². The summed E-state index contributed by atoms with van der Waals surface area (Å²) >= 11 is 0. The molecule has 4 aromatic rings. The van der Waals surface area contributed by atoms with Gasteiger partial charge in [0.1, 0.15) is 23.2 Å². The number of carbonyl (C=O) groups is 4. The van der Waals surface area contributed by atoms with E-state index in [0.29, 0.717) is 24.2 Å². The lowest BCUT2D eigenvalue weighted by molar-refractivity contribution is -0.146. The summed E-state index contributed by atoms with van der Waals surface area (Å²) in [5, 5.41) is 23.4. The monoisotopic (exact) mass is 718 g/mol. The molecule has 0 saturated carbocycles. The van der Waals surface area contributed by atoms with Gasteiger partial charge in [-0.25, -0.2) is 4.79 Å². The third-order valence-corrected chi connectivity index (χ3v) is 8.66. The molecule has 4 aromatic carbocycles. The molecule has 0 bridgehead atoms. The molecule has 1 aliphatic heterocycles. The fourth-order valence-electron chi connectivity index (χ4n) is 6.00. The minimum atomic E-state index is -0.967. The van der Waals surface area contributed by atoms with E-state index in [9.17, 15) is 29.4 Å². The molecule has 0 unspecified atom stereocenters.